The summed E-state index contributed by atoms with van der Waals surface area (Å²) in [7, 11) is 0. The van der Waals surface area contributed by atoms with Gasteiger partial charge in [-0.3, -0.25) is 9.36 Å². The Kier molecular flexibility index (Phi) is 3.60. The van der Waals surface area contributed by atoms with Crippen LogP contribution in [0.5, 0.6) is 0 Å². The van der Waals surface area contributed by atoms with Crippen LogP contribution in [-0.2, 0) is 6.54 Å². The highest BCUT2D eigenvalue weighted by Gasteiger charge is 2.11. The molecule has 0 aliphatic rings. The van der Waals surface area contributed by atoms with E-state index in [0.29, 0.717) is 16.7 Å². The molecule has 0 unspecified atom stereocenters. The van der Waals surface area contributed by atoms with Gasteiger partial charge in [0, 0.05) is 6.04 Å². The highest BCUT2D eigenvalue weighted by molar-refractivity contribution is 9.10. The predicted molar refractivity (Wildman–Crippen MR) is 70.4 cm³/mol. The zero-order valence-corrected chi connectivity index (χ0v) is 12.0. The van der Waals surface area contributed by atoms with E-state index in [1.165, 1.54) is 17.2 Å². The average molecular weight is 312 g/mol. The number of halogens is 1. The van der Waals surface area contributed by atoms with E-state index in [-0.39, 0.29) is 11.6 Å². The first-order chi connectivity index (χ1) is 8.50. The van der Waals surface area contributed by atoms with Crippen molar-refractivity contribution in [3.8, 4) is 0 Å². The van der Waals surface area contributed by atoms with Crippen molar-refractivity contribution < 1.29 is 0 Å². The average Bonchev–Trinajstić information content (AvgIpc) is 2.78. The molecule has 0 radical (unpaired) electrons. The first-order valence-electron chi connectivity index (χ1n) is 5.60. The van der Waals surface area contributed by atoms with Crippen LogP contribution in [0, 0.1) is 6.92 Å². The van der Waals surface area contributed by atoms with Gasteiger partial charge in [-0.1, -0.05) is 0 Å². The monoisotopic (exact) mass is 311 g/mol. The van der Waals surface area contributed by atoms with Crippen LogP contribution in [0.4, 0.5) is 0 Å². The first-order valence-corrected chi connectivity index (χ1v) is 6.40. The van der Waals surface area contributed by atoms with Crippen LogP contribution in [0.3, 0.4) is 0 Å². The summed E-state index contributed by atoms with van der Waals surface area (Å²) in [6, 6.07) is 0.208. The highest BCUT2D eigenvalue weighted by Crippen LogP contribution is 2.09. The molecule has 0 N–H and O–H groups in total. The molecule has 0 saturated heterocycles. The molecule has 6 nitrogen and oxygen atoms in total. The predicted octanol–water partition coefficient (Wildman–Crippen LogP) is 1.53. The third kappa shape index (κ3) is 2.35. The Labute approximate surface area is 113 Å². The minimum Gasteiger partial charge on any atom is -0.291 e. The van der Waals surface area contributed by atoms with E-state index in [9.17, 15) is 4.79 Å². The molecular formula is C11H14BrN5O. The van der Waals surface area contributed by atoms with E-state index in [1.807, 2.05) is 13.8 Å². The third-order valence-corrected chi connectivity index (χ3v) is 3.52. The van der Waals surface area contributed by atoms with E-state index < -0.39 is 0 Å². The maximum atomic E-state index is 12.0. The Bertz CT molecular complexity index is 616. The summed E-state index contributed by atoms with van der Waals surface area (Å²) >= 11 is 3.24. The van der Waals surface area contributed by atoms with Gasteiger partial charge in [0.1, 0.15) is 16.6 Å². The number of rotatable bonds is 3. The van der Waals surface area contributed by atoms with Crippen molar-refractivity contribution in [3.05, 3.63) is 39.0 Å². The smallest absolute Gasteiger partial charge is 0.268 e. The Morgan fingerprint density at radius 3 is 2.78 bits per heavy atom. The third-order valence-electron chi connectivity index (χ3n) is 2.61. The second-order valence-electron chi connectivity index (χ2n) is 4.29. The lowest BCUT2D eigenvalue weighted by Gasteiger charge is -2.10. The van der Waals surface area contributed by atoms with Gasteiger partial charge in [-0.25, -0.2) is 14.6 Å². The number of hydrogen-bond acceptors (Lipinski definition) is 4. The van der Waals surface area contributed by atoms with Gasteiger partial charge in [-0.15, -0.1) is 0 Å². The van der Waals surface area contributed by atoms with Gasteiger partial charge in [0.2, 0.25) is 0 Å². The summed E-state index contributed by atoms with van der Waals surface area (Å²) < 4.78 is 3.79. The second-order valence-corrected chi connectivity index (χ2v) is 5.08. The molecular weight excluding hydrogens is 298 g/mol. The zero-order chi connectivity index (χ0) is 13.3. The van der Waals surface area contributed by atoms with Crippen LogP contribution in [0.1, 0.15) is 31.4 Å². The van der Waals surface area contributed by atoms with Gasteiger partial charge in [0.15, 0.2) is 0 Å². The molecule has 0 fully saturated rings. The number of aryl methyl sites for hydroxylation is 1. The molecule has 0 saturated carbocycles. The molecule has 2 rings (SSSR count). The van der Waals surface area contributed by atoms with Crippen LogP contribution in [-0.4, -0.2) is 24.3 Å². The van der Waals surface area contributed by atoms with Crippen molar-refractivity contribution in [2.45, 2.75) is 33.4 Å². The van der Waals surface area contributed by atoms with Crippen LogP contribution in [0.2, 0.25) is 0 Å². The minimum absolute atomic E-state index is 0.110. The number of aromatic nitrogens is 5. The molecule has 18 heavy (non-hydrogen) atoms. The molecule has 96 valence electrons. The van der Waals surface area contributed by atoms with Gasteiger partial charge in [-0.2, -0.15) is 5.10 Å². The second kappa shape index (κ2) is 5.01. The SMILES string of the molecule is Cc1ncn(Cc2ncnn2C(C)C)c(=O)c1Br. The fraction of sp³-hybridized carbons (Fsp3) is 0.455. The maximum Gasteiger partial charge on any atom is 0.268 e. The summed E-state index contributed by atoms with van der Waals surface area (Å²) in [6.07, 6.45) is 3.03. The lowest BCUT2D eigenvalue weighted by Crippen LogP contribution is -2.24. The van der Waals surface area contributed by atoms with Crippen molar-refractivity contribution in [2.75, 3.05) is 0 Å². The molecule has 2 aromatic rings. The van der Waals surface area contributed by atoms with Gasteiger partial charge in [-0.05, 0) is 36.7 Å². The van der Waals surface area contributed by atoms with E-state index in [1.54, 1.807) is 11.6 Å². The molecule has 0 atom stereocenters. The molecule has 0 aliphatic heterocycles. The molecule has 0 spiro atoms. The number of hydrogen-bond donors (Lipinski definition) is 0. The van der Waals surface area contributed by atoms with Crippen molar-refractivity contribution in [2.24, 2.45) is 0 Å². The molecule has 0 aromatic carbocycles. The van der Waals surface area contributed by atoms with Crippen molar-refractivity contribution in [1.82, 2.24) is 24.3 Å². The standard InChI is InChI=1S/C11H14BrN5O/c1-7(2)17-9(13-5-15-17)4-16-6-14-8(3)10(12)11(16)18/h5-7H,4H2,1-3H3. The fourth-order valence-electron chi connectivity index (χ4n) is 1.63. The van der Waals surface area contributed by atoms with Crippen molar-refractivity contribution in [3.63, 3.8) is 0 Å². The lowest BCUT2D eigenvalue weighted by atomic mass is 10.4. The van der Waals surface area contributed by atoms with Gasteiger partial charge < -0.3 is 0 Å². The highest BCUT2D eigenvalue weighted by atomic mass is 79.9. The molecule has 2 aromatic heterocycles. The summed E-state index contributed by atoms with van der Waals surface area (Å²) in [5.41, 5.74) is 0.572. The molecule has 0 bridgehead atoms. The van der Waals surface area contributed by atoms with Crippen LogP contribution in [0.15, 0.2) is 21.9 Å². The normalized spacial score (nSPS) is 11.2. The van der Waals surface area contributed by atoms with E-state index in [0.717, 1.165) is 5.82 Å². The fourth-order valence-corrected chi connectivity index (χ4v) is 1.96. The van der Waals surface area contributed by atoms with Crippen LogP contribution >= 0.6 is 15.9 Å². The topological polar surface area (TPSA) is 65.6 Å². The van der Waals surface area contributed by atoms with E-state index >= 15 is 0 Å². The number of nitrogens with zero attached hydrogens (tertiary/aromatic N) is 5. The van der Waals surface area contributed by atoms with Crippen molar-refractivity contribution >= 4 is 15.9 Å². The Morgan fingerprint density at radius 2 is 2.11 bits per heavy atom. The van der Waals surface area contributed by atoms with Crippen LogP contribution in [0.25, 0.3) is 0 Å². The molecule has 0 aliphatic carbocycles. The lowest BCUT2D eigenvalue weighted by molar-refractivity contribution is 0.492. The quantitative estimate of drug-likeness (QED) is 0.862. The van der Waals surface area contributed by atoms with E-state index in [2.05, 4.69) is 31.0 Å². The Hall–Kier alpha value is -1.50. The van der Waals surface area contributed by atoms with Gasteiger partial charge in [0.05, 0.1) is 18.6 Å². The maximum absolute atomic E-state index is 12.0. The Balaban J connectivity index is 2.38. The van der Waals surface area contributed by atoms with Gasteiger partial charge >= 0.3 is 0 Å². The Morgan fingerprint density at radius 1 is 1.39 bits per heavy atom. The first kappa shape index (κ1) is 12.9. The largest absolute Gasteiger partial charge is 0.291 e. The summed E-state index contributed by atoms with van der Waals surface area (Å²) in [4.78, 5) is 20.3. The summed E-state index contributed by atoms with van der Waals surface area (Å²) in [5, 5.41) is 4.14. The summed E-state index contributed by atoms with van der Waals surface area (Å²) in [5.74, 6) is 0.740. The molecule has 0 amide bonds. The summed E-state index contributed by atoms with van der Waals surface area (Å²) in [6.45, 7) is 6.18. The zero-order valence-electron chi connectivity index (χ0n) is 10.5. The minimum atomic E-state index is -0.110. The van der Waals surface area contributed by atoms with Crippen LogP contribution < -0.4 is 5.56 Å². The van der Waals surface area contributed by atoms with Gasteiger partial charge in [0.25, 0.3) is 5.56 Å². The molecule has 7 heteroatoms. The van der Waals surface area contributed by atoms with Crippen molar-refractivity contribution in [1.29, 1.82) is 0 Å². The van der Waals surface area contributed by atoms with E-state index in [4.69, 9.17) is 0 Å². The molecule has 2 heterocycles.